The highest BCUT2D eigenvalue weighted by Gasteiger charge is 2.24. The largest absolute Gasteiger partial charge is 0.368 e. The molecule has 0 saturated heterocycles. The standard InChI is InChI=1S/C24H40N6O4/c1-7-16(8-2)17(31)13-14-18(32)20-22(25-9-3)29-21(23(28-20)26-10-4)24(34)27-15-19(33)30(11-5)12-6/h16H,7-15H2,1-6H3,(H,25,29)(H,26,28)(H,27,34). The number of rotatable bonds is 16. The summed E-state index contributed by atoms with van der Waals surface area (Å²) in [7, 11) is 0. The second kappa shape index (κ2) is 15.0. The van der Waals surface area contributed by atoms with Gasteiger partial charge in [-0.1, -0.05) is 13.8 Å². The first-order valence-corrected chi connectivity index (χ1v) is 12.3. The van der Waals surface area contributed by atoms with E-state index in [0.29, 0.717) is 26.2 Å². The van der Waals surface area contributed by atoms with Crippen LogP contribution in [-0.2, 0) is 9.59 Å². The lowest BCUT2D eigenvalue weighted by atomic mass is 9.94. The molecule has 0 unspecified atom stereocenters. The van der Waals surface area contributed by atoms with Crippen molar-refractivity contribution < 1.29 is 19.2 Å². The van der Waals surface area contributed by atoms with Gasteiger partial charge in [0.2, 0.25) is 5.91 Å². The summed E-state index contributed by atoms with van der Waals surface area (Å²) in [6.07, 6.45) is 1.66. The van der Waals surface area contributed by atoms with Crippen molar-refractivity contribution >= 4 is 35.0 Å². The molecule has 1 rings (SSSR count). The molecule has 0 saturated carbocycles. The van der Waals surface area contributed by atoms with Crippen molar-refractivity contribution in [1.82, 2.24) is 20.2 Å². The number of carbonyl (C=O) groups is 4. The van der Waals surface area contributed by atoms with Crippen molar-refractivity contribution in [2.75, 3.05) is 43.4 Å². The number of nitrogens with one attached hydrogen (secondary N) is 3. The Morgan fingerprint density at radius 3 is 1.82 bits per heavy atom. The molecule has 0 aliphatic heterocycles. The van der Waals surface area contributed by atoms with E-state index in [1.807, 2.05) is 41.5 Å². The molecule has 0 aliphatic carbocycles. The van der Waals surface area contributed by atoms with Gasteiger partial charge in [0, 0.05) is 44.9 Å². The first kappa shape index (κ1) is 29.0. The molecule has 0 fully saturated rings. The maximum Gasteiger partial charge on any atom is 0.274 e. The third-order valence-electron chi connectivity index (χ3n) is 5.62. The fourth-order valence-corrected chi connectivity index (χ4v) is 3.60. The van der Waals surface area contributed by atoms with Gasteiger partial charge in [-0.25, -0.2) is 9.97 Å². The van der Waals surface area contributed by atoms with Gasteiger partial charge in [0.05, 0.1) is 6.54 Å². The Balaban J connectivity index is 3.16. The molecular weight excluding hydrogens is 436 g/mol. The minimum absolute atomic E-state index is 0.00481. The minimum atomic E-state index is -0.564. The number of amides is 2. The molecule has 2 amide bonds. The van der Waals surface area contributed by atoms with Crippen LogP contribution in [-0.4, -0.2) is 71.0 Å². The Morgan fingerprint density at radius 1 is 0.794 bits per heavy atom. The lowest BCUT2D eigenvalue weighted by molar-refractivity contribution is -0.129. The molecule has 1 heterocycles. The molecule has 10 heteroatoms. The summed E-state index contributed by atoms with van der Waals surface area (Å²) in [5, 5.41) is 8.57. The van der Waals surface area contributed by atoms with Crippen LogP contribution >= 0.6 is 0 Å². The number of hydrogen-bond donors (Lipinski definition) is 3. The zero-order valence-corrected chi connectivity index (χ0v) is 21.4. The summed E-state index contributed by atoms with van der Waals surface area (Å²) >= 11 is 0. The molecule has 10 nitrogen and oxygen atoms in total. The van der Waals surface area contributed by atoms with Crippen molar-refractivity contribution in [3.63, 3.8) is 0 Å². The Kier molecular flexibility index (Phi) is 12.8. The van der Waals surface area contributed by atoms with Gasteiger partial charge in [-0.15, -0.1) is 0 Å². The first-order chi connectivity index (χ1) is 16.3. The monoisotopic (exact) mass is 476 g/mol. The number of likely N-dealkylation sites (N-methyl/N-ethyl adjacent to an activating group) is 1. The SMILES string of the molecule is CCNc1nc(C(=O)NCC(=O)N(CC)CC)c(NCC)nc1C(=O)CCC(=O)C(CC)CC. The van der Waals surface area contributed by atoms with E-state index in [2.05, 4.69) is 25.9 Å². The summed E-state index contributed by atoms with van der Waals surface area (Å²) in [6, 6.07) is 0. The van der Waals surface area contributed by atoms with E-state index >= 15 is 0 Å². The third kappa shape index (κ3) is 8.07. The van der Waals surface area contributed by atoms with Crippen LogP contribution in [0.25, 0.3) is 0 Å². The van der Waals surface area contributed by atoms with Gasteiger partial charge in [-0.05, 0) is 40.5 Å². The Hall–Kier alpha value is -3.04. The van der Waals surface area contributed by atoms with E-state index in [1.54, 1.807) is 4.90 Å². The lowest BCUT2D eigenvalue weighted by Crippen LogP contribution is -2.40. The maximum atomic E-state index is 13.0. The van der Waals surface area contributed by atoms with Gasteiger partial charge in [-0.3, -0.25) is 19.2 Å². The molecule has 3 N–H and O–H groups in total. The number of nitrogens with zero attached hydrogens (tertiary/aromatic N) is 3. The Bertz CT molecular complexity index is 780. The predicted octanol–water partition coefficient (Wildman–Crippen LogP) is 2.91. The molecule has 0 spiro atoms. The van der Waals surface area contributed by atoms with Crippen molar-refractivity contribution in [2.45, 2.75) is 67.2 Å². The van der Waals surface area contributed by atoms with Gasteiger partial charge in [0.1, 0.15) is 5.78 Å². The highest BCUT2D eigenvalue weighted by atomic mass is 16.2. The van der Waals surface area contributed by atoms with Gasteiger partial charge in [0.25, 0.3) is 5.91 Å². The number of anilines is 2. The van der Waals surface area contributed by atoms with Crippen LogP contribution in [0.3, 0.4) is 0 Å². The second-order valence-electron chi connectivity index (χ2n) is 7.83. The fourth-order valence-electron chi connectivity index (χ4n) is 3.60. The molecule has 1 aromatic rings. The molecule has 0 radical (unpaired) electrons. The summed E-state index contributed by atoms with van der Waals surface area (Å²) in [5.41, 5.74) is 0.0840. The van der Waals surface area contributed by atoms with Crippen LogP contribution < -0.4 is 16.0 Å². The molecule has 0 bridgehead atoms. The molecule has 0 atom stereocenters. The quantitative estimate of drug-likeness (QED) is 0.310. The molecule has 0 aliphatic rings. The average molecular weight is 477 g/mol. The summed E-state index contributed by atoms with van der Waals surface area (Å²) < 4.78 is 0. The third-order valence-corrected chi connectivity index (χ3v) is 5.62. The highest BCUT2D eigenvalue weighted by Crippen LogP contribution is 2.21. The first-order valence-electron chi connectivity index (χ1n) is 12.3. The van der Waals surface area contributed by atoms with Crippen LogP contribution in [0.15, 0.2) is 0 Å². The molecule has 0 aromatic carbocycles. The topological polar surface area (TPSA) is 133 Å². The lowest BCUT2D eigenvalue weighted by Gasteiger charge is -2.19. The second-order valence-corrected chi connectivity index (χ2v) is 7.83. The van der Waals surface area contributed by atoms with E-state index in [1.165, 1.54) is 0 Å². The summed E-state index contributed by atoms with van der Waals surface area (Å²) in [4.78, 5) is 60.9. The van der Waals surface area contributed by atoms with Crippen molar-refractivity contribution in [1.29, 1.82) is 0 Å². The van der Waals surface area contributed by atoms with Crippen molar-refractivity contribution in [3.05, 3.63) is 11.4 Å². The van der Waals surface area contributed by atoms with E-state index in [0.717, 1.165) is 12.8 Å². The zero-order valence-electron chi connectivity index (χ0n) is 21.4. The average Bonchev–Trinajstić information content (AvgIpc) is 2.83. The van der Waals surface area contributed by atoms with Gasteiger partial charge >= 0.3 is 0 Å². The number of ketones is 2. The van der Waals surface area contributed by atoms with Gasteiger partial charge in [0.15, 0.2) is 28.8 Å². The van der Waals surface area contributed by atoms with Crippen LogP contribution in [0.4, 0.5) is 11.6 Å². The number of hydrogen-bond acceptors (Lipinski definition) is 8. The normalized spacial score (nSPS) is 10.7. The van der Waals surface area contributed by atoms with Crippen LogP contribution in [0, 0.1) is 5.92 Å². The number of carbonyl (C=O) groups excluding carboxylic acids is 4. The van der Waals surface area contributed by atoms with E-state index in [4.69, 9.17) is 0 Å². The minimum Gasteiger partial charge on any atom is -0.368 e. The predicted molar refractivity (Wildman–Crippen MR) is 133 cm³/mol. The van der Waals surface area contributed by atoms with Crippen LogP contribution in [0.1, 0.15) is 88.2 Å². The smallest absolute Gasteiger partial charge is 0.274 e. The summed E-state index contributed by atoms with van der Waals surface area (Å²) in [6.45, 7) is 13.2. The maximum absolute atomic E-state index is 13.0. The fraction of sp³-hybridized carbons (Fsp3) is 0.667. The van der Waals surface area contributed by atoms with E-state index in [9.17, 15) is 19.2 Å². The molecule has 1 aromatic heterocycles. The molecular formula is C24H40N6O4. The van der Waals surface area contributed by atoms with E-state index in [-0.39, 0.29) is 65.8 Å². The van der Waals surface area contributed by atoms with Gasteiger partial charge < -0.3 is 20.9 Å². The molecule has 34 heavy (non-hydrogen) atoms. The van der Waals surface area contributed by atoms with Crippen LogP contribution in [0.5, 0.6) is 0 Å². The molecule has 190 valence electrons. The summed E-state index contributed by atoms with van der Waals surface area (Å²) in [5.74, 6) is -0.712. The van der Waals surface area contributed by atoms with Gasteiger partial charge in [-0.2, -0.15) is 0 Å². The van der Waals surface area contributed by atoms with E-state index < -0.39 is 5.91 Å². The zero-order chi connectivity index (χ0) is 25.7. The number of Topliss-reactive ketones (excluding diaryl/α,β-unsaturated/α-hetero) is 2. The number of aromatic nitrogens is 2. The highest BCUT2D eigenvalue weighted by molar-refractivity contribution is 6.03. The Morgan fingerprint density at radius 2 is 1.32 bits per heavy atom. The van der Waals surface area contributed by atoms with Crippen LogP contribution in [0.2, 0.25) is 0 Å². The van der Waals surface area contributed by atoms with Crippen molar-refractivity contribution in [2.24, 2.45) is 5.92 Å². The Labute approximate surface area is 202 Å². The van der Waals surface area contributed by atoms with Crippen molar-refractivity contribution in [3.8, 4) is 0 Å².